The Morgan fingerprint density at radius 1 is 1.03 bits per heavy atom. The summed E-state index contributed by atoms with van der Waals surface area (Å²) < 4.78 is 1.86. The van der Waals surface area contributed by atoms with Gasteiger partial charge in [0.05, 0.1) is 6.20 Å². The minimum absolute atomic E-state index is 0.504. The summed E-state index contributed by atoms with van der Waals surface area (Å²) in [5, 5.41) is 12.6. The lowest BCUT2D eigenvalue weighted by Crippen LogP contribution is -2.38. The highest BCUT2D eigenvalue weighted by molar-refractivity contribution is 5.85. The van der Waals surface area contributed by atoms with Crippen molar-refractivity contribution in [3.05, 3.63) is 114 Å². The molecule has 5 nitrogen and oxygen atoms in total. The maximum atomic E-state index is 10.1. The first-order valence-electron chi connectivity index (χ1n) is 12.4. The normalized spacial score (nSPS) is 14.8. The molecule has 0 radical (unpaired) electrons. The molecular weight excluding hydrogens is 446 g/mol. The van der Waals surface area contributed by atoms with Crippen molar-refractivity contribution in [1.29, 1.82) is 0 Å². The number of fused-ring (bicyclic) bond motifs is 1. The first kappa shape index (κ1) is 25.0. The van der Waals surface area contributed by atoms with E-state index in [4.69, 9.17) is 5.11 Å². The van der Waals surface area contributed by atoms with Crippen LogP contribution in [0.1, 0.15) is 36.1 Å². The van der Waals surface area contributed by atoms with Gasteiger partial charge in [0.2, 0.25) is 0 Å². The average molecular weight is 480 g/mol. The highest BCUT2D eigenvalue weighted by atomic mass is 16.4. The van der Waals surface area contributed by atoms with Crippen molar-refractivity contribution in [2.45, 2.75) is 39.3 Å². The Morgan fingerprint density at radius 2 is 1.78 bits per heavy atom. The molecule has 0 amide bonds. The Labute approximate surface area is 213 Å². The number of aliphatic carboxylic acids is 1. The van der Waals surface area contributed by atoms with Crippen LogP contribution in [0.2, 0.25) is 0 Å². The fourth-order valence-corrected chi connectivity index (χ4v) is 4.49. The van der Waals surface area contributed by atoms with Gasteiger partial charge < -0.3 is 10.0 Å². The SMILES string of the molecule is CCc1ccc(N2Cc3ccc(-c4cnn(C)c4)cc3CC2C)cc1.O=C(O)/C=C/c1ccccc1. The number of rotatable bonds is 5. The van der Waals surface area contributed by atoms with Crippen molar-refractivity contribution in [3.63, 3.8) is 0 Å². The van der Waals surface area contributed by atoms with Gasteiger partial charge in [-0.25, -0.2) is 4.79 Å². The molecule has 4 aromatic rings. The van der Waals surface area contributed by atoms with Crippen molar-refractivity contribution in [1.82, 2.24) is 9.78 Å². The number of aryl methyl sites for hydroxylation is 2. The van der Waals surface area contributed by atoms with E-state index < -0.39 is 5.97 Å². The van der Waals surface area contributed by atoms with E-state index in [9.17, 15) is 4.79 Å². The van der Waals surface area contributed by atoms with E-state index in [2.05, 4.69) is 72.5 Å². The number of aromatic nitrogens is 2. The molecule has 0 aliphatic carbocycles. The molecule has 1 unspecified atom stereocenters. The molecule has 1 aliphatic rings. The number of benzene rings is 3. The molecule has 2 heterocycles. The van der Waals surface area contributed by atoms with E-state index in [1.54, 1.807) is 6.08 Å². The van der Waals surface area contributed by atoms with E-state index >= 15 is 0 Å². The topological polar surface area (TPSA) is 58.4 Å². The third-order valence-electron chi connectivity index (χ3n) is 6.53. The van der Waals surface area contributed by atoms with E-state index in [0.29, 0.717) is 6.04 Å². The molecule has 0 spiro atoms. The third-order valence-corrected chi connectivity index (χ3v) is 6.53. The van der Waals surface area contributed by atoms with E-state index in [1.165, 1.54) is 33.5 Å². The zero-order valence-electron chi connectivity index (χ0n) is 21.1. The molecule has 1 N–H and O–H groups in total. The number of nitrogens with zero attached hydrogens (tertiary/aromatic N) is 3. The van der Waals surface area contributed by atoms with Gasteiger partial charge >= 0.3 is 5.97 Å². The summed E-state index contributed by atoms with van der Waals surface area (Å²) in [6, 6.07) is 25.7. The smallest absolute Gasteiger partial charge is 0.328 e. The molecule has 0 fully saturated rings. The number of carboxylic acids is 1. The van der Waals surface area contributed by atoms with Crippen LogP contribution in [0.4, 0.5) is 5.69 Å². The van der Waals surface area contributed by atoms with E-state index in [0.717, 1.165) is 31.0 Å². The highest BCUT2D eigenvalue weighted by Crippen LogP contribution is 2.31. The second-order valence-electron chi connectivity index (χ2n) is 9.17. The van der Waals surface area contributed by atoms with Gasteiger partial charge in [0.1, 0.15) is 0 Å². The minimum Gasteiger partial charge on any atom is -0.478 e. The highest BCUT2D eigenvalue weighted by Gasteiger charge is 2.23. The molecule has 0 saturated carbocycles. The van der Waals surface area contributed by atoms with Gasteiger partial charge in [0, 0.05) is 43.2 Å². The van der Waals surface area contributed by atoms with Crippen LogP contribution in [0.15, 0.2) is 91.3 Å². The lowest BCUT2D eigenvalue weighted by Gasteiger charge is -2.37. The zero-order chi connectivity index (χ0) is 25.5. The van der Waals surface area contributed by atoms with Crippen LogP contribution < -0.4 is 4.90 Å². The van der Waals surface area contributed by atoms with E-state index in [1.807, 2.05) is 48.3 Å². The first-order valence-corrected chi connectivity index (χ1v) is 12.4. The molecule has 1 aliphatic heterocycles. The van der Waals surface area contributed by atoms with Gasteiger partial charge in [-0.05, 0) is 65.8 Å². The number of carboxylic acid groups (broad SMARTS) is 1. The van der Waals surface area contributed by atoms with Crippen LogP contribution in [0.3, 0.4) is 0 Å². The molecule has 36 heavy (non-hydrogen) atoms. The van der Waals surface area contributed by atoms with Crippen LogP contribution in [0.25, 0.3) is 17.2 Å². The summed E-state index contributed by atoms with van der Waals surface area (Å²) in [6.45, 7) is 5.51. The Bertz CT molecular complexity index is 1320. The van der Waals surface area contributed by atoms with Gasteiger partial charge in [-0.3, -0.25) is 4.68 Å². The predicted molar refractivity (Wildman–Crippen MR) is 147 cm³/mol. The molecule has 5 heteroatoms. The summed E-state index contributed by atoms with van der Waals surface area (Å²) in [5.41, 5.74) is 8.98. The van der Waals surface area contributed by atoms with Gasteiger partial charge in [-0.1, -0.05) is 67.6 Å². The number of hydrogen-bond acceptors (Lipinski definition) is 3. The Hall–Kier alpha value is -4.12. The van der Waals surface area contributed by atoms with Gasteiger partial charge in [0.15, 0.2) is 0 Å². The fourth-order valence-electron chi connectivity index (χ4n) is 4.49. The largest absolute Gasteiger partial charge is 0.478 e. The number of anilines is 1. The molecule has 5 rings (SSSR count). The summed E-state index contributed by atoms with van der Waals surface area (Å²) >= 11 is 0. The fraction of sp³-hybridized carbons (Fsp3) is 0.226. The first-order chi connectivity index (χ1) is 17.4. The lowest BCUT2D eigenvalue weighted by molar-refractivity contribution is -0.131. The van der Waals surface area contributed by atoms with Crippen LogP contribution in [-0.2, 0) is 31.2 Å². The van der Waals surface area contributed by atoms with Gasteiger partial charge in [0.25, 0.3) is 0 Å². The molecular formula is C31H33N3O2. The predicted octanol–water partition coefficient (Wildman–Crippen LogP) is 6.39. The van der Waals surface area contributed by atoms with Crippen molar-refractivity contribution < 1.29 is 9.90 Å². The second-order valence-corrected chi connectivity index (χ2v) is 9.17. The molecule has 0 saturated heterocycles. The van der Waals surface area contributed by atoms with Crippen molar-refractivity contribution in [3.8, 4) is 11.1 Å². The quantitative estimate of drug-likeness (QED) is 0.337. The summed E-state index contributed by atoms with van der Waals surface area (Å²) in [7, 11) is 1.96. The van der Waals surface area contributed by atoms with Crippen LogP contribution in [0, 0.1) is 0 Å². The Kier molecular flexibility index (Phi) is 8.01. The lowest BCUT2D eigenvalue weighted by atomic mass is 9.91. The van der Waals surface area contributed by atoms with Crippen molar-refractivity contribution >= 4 is 17.7 Å². The van der Waals surface area contributed by atoms with E-state index in [-0.39, 0.29) is 0 Å². The summed E-state index contributed by atoms with van der Waals surface area (Å²) in [5.74, 6) is -0.922. The Balaban J connectivity index is 0.000000233. The minimum atomic E-state index is -0.922. The number of hydrogen-bond donors (Lipinski definition) is 1. The molecule has 184 valence electrons. The average Bonchev–Trinajstić information content (AvgIpc) is 3.34. The monoisotopic (exact) mass is 479 g/mol. The standard InChI is InChI=1S/C22H25N3.C9H8O2/c1-4-17-5-9-22(10-6-17)25-15-19-8-7-18(12-20(19)11-16(25)2)21-13-23-24(3)14-21;10-9(11)7-6-8-4-2-1-3-5-8/h5-10,12-14,16H,4,11,15H2,1-3H3;1-7H,(H,10,11)/b;7-6+. The summed E-state index contributed by atoms with van der Waals surface area (Å²) in [6.07, 6.45) is 8.87. The molecule has 1 aromatic heterocycles. The van der Waals surface area contributed by atoms with Crippen molar-refractivity contribution in [2.75, 3.05) is 4.90 Å². The number of carbonyl (C=O) groups is 1. The third kappa shape index (κ3) is 6.30. The maximum Gasteiger partial charge on any atom is 0.328 e. The molecule has 1 atom stereocenters. The van der Waals surface area contributed by atoms with Crippen LogP contribution in [0.5, 0.6) is 0 Å². The van der Waals surface area contributed by atoms with Gasteiger partial charge in [-0.15, -0.1) is 0 Å². The van der Waals surface area contributed by atoms with Crippen molar-refractivity contribution in [2.24, 2.45) is 7.05 Å². The zero-order valence-corrected chi connectivity index (χ0v) is 21.1. The Morgan fingerprint density at radius 3 is 2.42 bits per heavy atom. The second kappa shape index (κ2) is 11.5. The van der Waals surface area contributed by atoms with Crippen LogP contribution >= 0.6 is 0 Å². The van der Waals surface area contributed by atoms with Gasteiger partial charge in [-0.2, -0.15) is 5.10 Å². The van der Waals surface area contributed by atoms with Crippen LogP contribution in [-0.4, -0.2) is 26.9 Å². The summed E-state index contributed by atoms with van der Waals surface area (Å²) in [4.78, 5) is 12.6. The molecule has 0 bridgehead atoms. The molecule has 3 aromatic carbocycles. The maximum absolute atomic E-state index is 10.1.